The molecule has 1 heteroatoms. The van der Waals surface area contributed by atoms with Gasteiger partial charge >= 0.3 is 0 Å². The van der Waals surface area contributed by atoms with Crippen LogP contribution in [0.15, 0.2) is 0 Å². The molecule has 14 heavy (non-hydrogen) atoms. The van der Waals surface area contributed by atoms with Crippen molar-refractivity contribution in [3.8, 4) is 0 Å². The molecule has 0 aliphatic carbocycles. The summed E-state index contributed by atoms with van der Waals surface area (Å²) in [6, 6.07) is 0. The van der Waals surface area contributed by atoms with E-state index >= 15 is 0 Å². The van der Waals surface area contributed by atoms with Gasteiger partial charge in [-0.25, -0.2) is 0 Å². The second-order valence-electron chi connectivity index (χ2n) is 5.94. The van der Waals surface area contributed by atoms with Crippen LogP contribution >= 0.6 is 0 Å². The van der Waals surface area contributed by atoms with Crippen LogP contribution < -0.4 is 0 Å². The van der Waals surface area contributed by atoms with Gasteiger partial charge in [0.1, 0.15) is 0 Å². The van der Waals surface area contributed by atoms with E-state index < -0.39 is 0 Å². The SMILES string of the molecule is CC.CC1CN(C(C)(C)C)CC1(C)C.[HH]. The molecule has 1 unspecified atom stereocenters. The quantitative estimate of drug-likeness (QED) is 0.572. The average Bonchev–Trinajstić information content (AvgIpc) is 2.30. The Hall–Kier alpha value is -0.0400. The minimum atomic E-state index is 0. The first-order valence-electron chi connectivity index (χ1n) is 5.98. The highest BCUT2D eigenvalue weighted by atomic mass is 15.2. The molecule has 1 heterocycles. The Morgan fingerprint density at radius 3 is 1.79 bits per heavy atom. The van der Waals surface area contributed by atoms with Crippen LogP contribution in [0.5, 0.6) is 0 Å². The maximum absolute atomic E-state index is 2.59. The Kier molecular flexibility index (Phi) is 4.64. The van der Waals surface area contributed by atoms with Crippen LogP contribution in [0.4, 0.5) is 0 Å². The third kappa shape index (κ3) is 3.27. The fraction of sp³-hybridized carbons (Fsp3) is 1.00. The molecule has 0 aromatic carbocycles. The molecular weight excluding hydrogens is 170 g/mol. The lowest BCUT2D eigenvalue weighted by atomic mass is 9.84. The van der Waals surface area contributed by atoms with Gasteiger partial charge in [0.25, 0.3) is 0 Å². The summed E-state index contributed by atoms with van der Waals surface area (Å²) in [6.45, 7) is 20.6. The number of likely N-dealkylation sites (tertiary alicyclic amines) is 1. The molecule has 0 bridgehead atoms. The summed E-state index contributed by atoms with van der Waals surface area (Å²) < 4.78 is 0. The lowest BCUT2D eigenvalue weighted by molar-refractivity contribution is 0.157. The van der Waals surface area contributed by atoms with Gasteiger partial charge in [0.15, 0.2) is 0 Å². The normalized spacial score (nSPS) is 27.0. The van der Waals surface area contributed by atoms with E-state index in [0.717, 1.165) is 5.92 Å². The molecule has 1 aliphatic heterocycles. The lowest BCUT2D eigenvalue weighted by Crippen LogP contribution is -2.40. The summed E-state index contributed by atoms with van der Waals surface area (Å²) in [7, 11) is 0. The Morgan fingerprint density at radius 1 is 1.21 bits per heavy atom. The van der Waals surface area contributed by atoms with E-state index in [4.69, 9.17) is 0 Å². The zero-order chi connectivity index (χ0) is 11.6. The molecule has 1 rings (SSSR count). The van der Waals surface area contributed by atoms with Crippen LogP contribution in [-0.2, 0) is 0 Å². The summed E-state index contributed by atoms with van der Waals surface area (Å²) in [5.41, 5.74) is 0.856. The topological polar surface area (TPSA) is 3.24 Å². The molecule has 1 saturated heterocycles. The van der Waals surface area contributed by atoms with Crippen molar-refractivity contribution in [3.05, 3.63) is 0 Å². The van der Waals surface area contributed by atoms with Crippen molar-refractivity contribution < 1.29 is 1.43 Å². The van der Waals surface area contributed by atoms with Crippen LogP contribution in [0.1, 0.15) is 56.8 Å². The van der Waals surface area contributed by atoms with E-state index in [2.05, 4.69) is 46.4 Å². The Bertz CT molecular complexity index is 170. The molecule has 0 amide bonds. The van der Waals surface area contributed by atoms with Gasteiger partial charge in [-0.1, -0.05) is 34.6 Å². The van der Waals surface area contributed by atoms with Gasteiger partial charge in [-0.15, -0.1) is 0 Å². The van der Waals surface area contributed by atoms with Gasteiger partial charge in [-0.2, -0.15) is 0 Å². The van der Waals surface area contributed by atoms with Crippen LogP contribution in [0.25, 0.3) is 0 Å². The monoisotopic (exact) mass is 201 g/mol. The molecule has 0 aromatic rings. The number of hydrogen-bond donors (Lipinski definition) is 0. The van der Waals surface area contributed by atoms with Crippen molar-refractivity contribution in [3.63, 3.8) is 0 Å². The van der Waals surface area contributed by atoms with Crippen molar-refractivity contribution in [2.45, 2.75) is 60.9 Å². The molecule has 0 saturated carbocycles. The largest absolute Gasteiger partial charge is 0.298 e. The summed E-state index contributed by atoms with van der Waals surface area (Å²) in [6.07, 6.45) is 0. The third-order valence-electron chi connectivity index (χ3n) is 3.38. The molecule has 88 valence electrons. The van der Waals surface area contributed by atoms with Gasteiger partial charge < -0.3 is 0 Å². The van der Waals surface area contributed by atoms with Crippen molar-refractivity contribution in [2.75, 3.05) is 13.1 Å². The first kappa shape index (κ1) is 14.0. The molecule has 1 nitrogen and oxygen atoms in total. The van der Waals surface area contributed by atoms with E-state index in [9.17, 15) is 0 Å². The van der Waals surface area contributed by atoms with Gasteiger partial charge in [0.2, 0.25) is 0 Å². The maximum Gasteiger partial charge on any atom is 0.0125 e. The van der Waals surface area contributed by atoms with Crippen LogP contribution in [0.3, 0.4) is 0 Å². The van der Waals surface area contributed by atoms with E-state index in [1.54, 1.807) is 0 Å². The van der Waals surface area contributed by atoms with Crippen LogP contribution in [-0.4, -0.2) is 23.5 Å². The Labute approximate surface area is 92.4 Å². The second kappa shape index (κ2) is 4.65. The minimum absolute atomic E-state index is 0. The number of rotatable bonds is 0. The van der Waals surface area contributed by atoms with E-state index in [0.29, 0.717) is 11.0 Å². The maximum atomic E-state index is 2.59. The van der Waals surface area contributed by atoms with Gasteiger partial charge in [0, 0.05) is 20.1 Å². The smallest absolute Gasteiger partial charge is 0.0125 e. The lowest BCUT2D eigenvalue weighted by Gasteiger charge is -2.32. The second-order valence-corrected chi connectivity index (χ2v) is 5.94. The van der Waals surface area contributed by atoms with Gasteiger partial charge in [-0.05, 0) is 32.1 Å². The number of nitrogens with zero attached hydrogens (tertiary/aromatic N) is 1. The first-order valence-corrected chi connectivity index (χ1v) is 5.98. The van der Waals surface area contributed by atoms with Crippen molar-refractivity contribution in [1.82, 2.24) is 4.90 Å². The fourth-order valence-electron chi connectivity index (χ4n) is 1.80. The Balaban J connectivity index is 0. The Morgan fingerprint density at radius 2 is 1.64 bits per heavy atom. The number of hydrogen-bond acceptors (Lipinski definition) is 1. The highest BCUT2D eigenvalue weighted by molar-refractivity contribution is 4.93. The molecule has 0 radical (unpaired) electrons. The van der Waals surface area contributed by atoms with Gasteiger partial charge in [-0.3, -0.25) is 4.90 Å². The molecule has 1 aliphatic rings. The molecule has 0 spiro atoms. The van der Waals surface area contributed by atoms with Gasteiger partial charge in [0.05, 0.1) is 0 Å². The highest BCUT2D eigenvalue weighted by Gasteiger charge is 2.40. The third-order valence-corrected chi connectivity index (χ3v) is 3.38. The van der Waals surface area contributed by atoms with Crippen LogP contribution in [0, 0.1) is 11.3 Å². The standard InChI is InChI=1S/C11H23N.C2H6.H2/c1-9-7-12(10(2,3)4)8-11(9,5)6;1-2;/h9H,7-8H2,1-6H3;1-2H3;1H. The molecule has 1 fully saturated rings. The van der Waals surface area contributed by atoms with Crippen molar-refractivity contribution in [1.29, 1.82) is 0 Å². The molecule has 1 atom stereocenters. The van der Waals surface area contributed by atoms with E-state index in [-0.39, 0.29) is 1.43 Å². The van der Waals surface area contributed by atoms with E-state index in [1.807, 2.05) is 13.8 Å². The zero-order valence-electron chi connectivity index (χ0n) is 11.4. The molecule has 0 N–H and O–H groups in total. The van der Waals surface area contributed by atoms with Crippen LogP contribution in [0.2, 0.25) is 0 Å². The minimum Gasteiger partial charge on any atom is -0.298 e. The first-order chi connectivity index (χ1) is 6.23. The highest BCUT2D eigenvalue weighted by Crippen LogP contribution is 2.37. The van der Waals surface area contributed by atoms with Crippen molar-refractivity contribution >= 4 is 0 Å². The summed E-state index contributed by atoms with van der Waals surface area (Å²) >= 11 is 0. The van der Waals surface area contributed by atoms with Crippen molar-refractivity contribution in [2.24, 2.45) is 11.3 Å². The summed E-state index contributed by atoms with van der Waals surface area (Å²) in [5, 5.41) is 0. The average molecular weight is 201 g/mol. The summed E-state index contributed by atoms with van der Waals surface area (Å²) in [5.74, 6) is 0.830. The molecule has 0 aromatic heterocycles. The predicted molar refractivity (Wildman–Crippen MR) is 67.7 cm³/mol. The zero-order valence-corrected chi connectivity index (χ0v) is 11.4. The fourth-order valence-corrected chi connectivity index (χ4v) is 1.80. The predicted octanol–water partition coefficient (Wildman–Crippen LogP) is 4.04. The van der Waals surface area contributed by atoms with E-state index in [1.165, 1.54) is 13.1 Å². The molecular formula is C13H31N. The summed E-state index contributed by atoms with van der Waals surface area (Å²) in [4.78, 5) is 2.59.